The fourth-order valence-electron chi connectivity index (χ4n) is 2.38. The first kappa shape index (κ1) is 11.6. The van der Waals surface area contributed by atoms with E-state index in [9.17, 15) is 0 Å². The molecule has 0 bridgehead atoms. The van der Waals surface area contributed by atoms with E-state index in [1.165, 1.54) is 36.2 Å². The lowest BCUT2D eigenvalue weighted by Gasteiger charge is -2.21. The van der Waals surface area contributed by atoms with Crippen molar-refractivity contribution >= 4 is 0 Å². The summed E-state index contributed by atoms with van der Waals surface area (Å²) in [5.41, 5.74) is 4.08. The first-order valence-corrected chi connectivity index (χ1v) is 6.49. The molecule has 16 heavy (non-hydrogen) atoms. The van der Waals surface area contributed by atoms with Gasteiger partial charge in [-0.05, 0) is 37.2 Å². The Kier molecular flexibility index (Phi) is 3.27. The van der Waals surface area contributed by atoms with Crippen LogP contribution in [0.4, 0.5) is 0 Å². The zero-order valence-corrected chi connectivity index (χ0v) is 10.9. The van der Waals surface area contributed by atoms with Crippen molar-refractivity contribution in [1.29, 1.82) is 0 Å². The zero-order chi connectivity index (χ0) is 11.7. The first-order chi connectivity index (χ1) is 7.59. The number of rotatable bonds is 2. The molecule has 1 heterocycles. The van der Waals surface area contributed by atoms with Gasteiger partial charge in [0.2, 0.25) is 0 Å². The third-order valence-electron chi connectivity index (χ3n) is 3.30. The van der Waals surface area contributed by atoms with Crippen molar-refractivity contribution in [2.45, 2.75) is 65.2 Å². The van der Waals surface area contributed by atoms with Gasteiger partial charge in [-0.2, -0.15) is 0 Å². The standard InChI is InChI=1S/C14H22N2/c1-9(2)13-11-7-5-6-8-12(11)15-14(16-13)10(3)4/h9-10H,5-8H2,1-4H3. The molecule has 0 aromatic carbocycles. The lowest BCUT2D eigenvalue weighted by atomic mass is 9.91. The summed E-state index contributed by atoms with van der Waals surface area (Å²) >= 11 is 0. The van der Waals surface area contributed by atoms with Crippen LogP contribution in [-0.4, -0.2) is 9.97 Å². The van der Waals surface area contributed by atoms with E-state index < -0.39 is 0 Å². The zero-order valence-electron chi connectivity index (χ0n) is 10.9. The lowest BCUT2D eigenvalue weighted by Crippen LogP contribution is -2.15. The molecule has 0 N–H and O–H groups in total. The van der Waals surface area contributed by atoms with Gasteiger partial charge in [-0.3, -0.25) is 0 Å². The fraction of sp³-hybridized carbons (Fsp3) is 0.714. The molecular weight excluding hydrogens is 196 g/mol. The van der Waals surface area contributed by atoms with Gasteiger partial charge in [0, 0.05) is 11.6 Å². The number of aromatic nitrogens is 2. The molecule has 2 heteroatoms. The molecule has 2 nitrogen and oxygen atoms in total. The molecule has 0 aliphatic heterocycles. The fourth-order valence-corrected chi connectivity index (χ4v) is 2.38. The summed E-state index contributed by atoms with van der Waals surface area (Å²) in [6.45, 7) is 8.83. The van der Waals surface area contributed by atoms with Gasteiger partial charge in [0.15, 0.2) is 0 Å². The summed E-state index contributed by atoms with van der Waals surface area (Å²) in [4.78, 5) is 9.52. The normalized spacial score (nSPS) is 15.6. The van der Waals surface area contributed by atoms with E-state index in [0.29, 0.717) is 11.8 Å². The highest BCUT2D eigenvalue weighted by molar-refractivity contribution is 5.30. The van der Waals surface area contributed by atoms with E-state index in [1.807, 2.05) is 0 Å². The van der Waals surface area contributed by atoms with Crippen molar-refractivity contribution < 1.29 is 0 Å². The van der Waals surface area contributed by atoms with Gasteiger partial charge in [0.05, 0.1) is 5.69 Å². The second kappa shape index (κ2) is 4.52. The molecule has 2 rings (SSSR count). The van der Waals surface area contributed by atoms with Crippen LogP contribution in [0, 0.1) is 0 Å². The van der Waals surface area contributed by atoms with Crippen LogP contribution in [0.3, 0.4) is 0 Å². The van der Waals surface area contributed by atoms with Gasteiger partial charge in [-0.1, -0.05) is 27.7 Å². The predicted octanol–water partition coefficient (Wildman–Crippen LogP) is 3.60. The van der Waals surface area contributed by atoms with Gasteiger partial charge in [-0.15, -0.1) is 0 Å². The average Bonchev–Trinajstić information content (AvgIpc) is 2.27. The van der Waals surface area contributed by atoms with E-state index in [0.717, 1.165) is 12.2 Å². The second-order valence-electron chi connectivity index (χ2n) is 5.41. The molecule has 1 aliphatic rings. The molecule has 0 spiro atoms. The Labute approximate surface area is 98.5 Å². The van der Waals surface area contributed by atoms with E-state index in [2.05, 4.69) is 27.7 Å². The molecule has 0 radical (unpaired) electrons. The summed E-state index contributed by atoms with van der Waals surface area (Å²) < 4.78 is 0. The highest BCUT2D eigenvalue weighted by Crippen LogP contribution is 2.28. The van der Waals surface area contributed by atoms with Crippen LogP contribution in [0.5, 0.6) is 0 Å². The topological polar surface area (TPSA) is 25.8 Å². The Hall–Kier alpha value is -0.920. The number of hydrogen-bond donors (Lipinski definition) is 0. The number of nitrogens with zero attached hydrogens (tertiary/aromatic N) is 2. The summed E-state index contributed by atoms with van der Waals surface area (Å²) in [6.07, 6.45) is 4.93. The third kappa shape index (κ3) is 2.11. The van der Waals surface area contributed by atoms with Gasteiger partial charge in [0.25, 0.3) is 0 Å². The Morgan fingerprint density at radius 2 is 1.56 bits per heavy atom. The lowest BCUT2D eigenvalue weighted by molar-refractivity contribution is 0.618. The van der Waals surface area contributed by atoms with E-state index in [-0.39, 0.29) is 0 Å². The van der Waals surface area contributed by atoms with E-state index in [4.69, 9.17) is 9.97 Å². The van der Waals surface area contributed by atoms with Gasteiger partial charge in [0.1, 0.15) is 5.82 Å². The monoisotopic (exact) mass is 218 g/mol. The van der Waals surface area contributed by atoms with Gasteiger partial charge in [-0.25, -0.2) is 9.97 Å². The molecule has 0 saturated carbocycles. The Morgan fingerprint density at radius 1 is 0.875 bits per heavy atom. The van der Waals surface area contributed by atoms with Crippen LogP contribution in [0.15, 0.2) is 0 Å². The van der Waals surface area contributed by atoms with Crippen molar-refractivity contribution in [1.82, 2.24) is 9.97 Å². The third-order valence-corrected chi connectivity index (χ3v) is 3.30. The van der Waals surface area contributed by atoms with Crippen molar-refractivity contribution in [3.63, 3.8) is 0 Å². The van der Waals surface area contributed by atoms with Crippen LogP contribution in [0.2, 0.25) is 0 Å². The maximum absolute atomic E-state index is 4.77. The van der Waals surface area contributed by atoms with Crippen LogP contribution in [0.25, 0.3) is 0 Å². The molecule has 0 atom stereocenters. The molecule has 88 valence electrons. The van der Waals surface area contributed by atoms with E-state index in [1.54, 1.807) is 0 Å². The quantitative estimate of drug-likeness (QED) is 0.758. The van der Waals surface area contributed by atoms with Crippen molar-refractivity contribution in [2.24, 2.45) is 0 Å². The summed E-state index contributed by atoms with van der Waals surface area (Å²) in [5.74, 6) is 1.99. The average molecular weight is 218 g/mol. The Morgan fingerprint density at radius 3 is 2.19 bits per heavy atom. The van der Waals surface area contributed by atoms with Crippen LogP contribution in [-0.2, 0) is 12.8 Å². The molecule has 0 saturated heterocycles. The van der Waals surface area contributed by atoms with Gasteiger partial charge < -0.3 is 0 Å². The Bertz CT molecular complexity index is 381. The second-order valence-corrected chi connectivity index (χ2v) is 5.41. The number of aryl methyl sites for hydroxylation is 1. The minimum absolute atomic E-state index is 0.435. The molecule has 1 aromatic heterocycles. The first-order valence-electron chi connectivity index (χ1n) is 6.49. The molecule has 1 aromatic rings. The largest absolute Gasteiger partial charge is 0.237 e. The van der Waals surface area contributed by atoms with Crippen LogP contribution >= 0.6 is 0 Å². The molecule has 0 amide bonds. The van der Waals surface area contributed by atoms with Crippen LogP contribution < -0.4 is 0 Å². The summed E-state index contributed by atoms with van der Waals surface area (Å²) in [7, 11) is 0. The Balaban J connectivity index is 2.52. The minimum Gasteiger partial charge on any atom is -0.237 e. The molecule has 0 fully saturated rings. The van der Waals surface area contributed by atoms with Gasteiger partial charge >= 0.3 is 0 Å². The minimum atomic E-state index is 0.435. The van der Waals surface area contributed by atoms with E-state index >= 15 is 0 Å². The molecular formula is C14H22N2. The van der Waals surface area contributed by atoms with Crippen molar-refractivity contribution in [3.8, 4) is 0 Å². The maximum atomic E-state index is 4.77. The van der Waals surface area contributed by atoms with Crippen molar-refractivity contribution in [2.75, 3.05) is 0 Å². The summed E-state index contributed by atoms with van der Waals surface area (Å²) in [6, 6.07) is 0. The number of fused-ring (bicyclic) bond motifs is 1. The smallest absolute Gasteiger partial charge is 0.131 e. The SMILES string of the molecule is CC(C)c1nc2c(c(C(C)C)n1)CCCC2. The summed E-state index contributed by atoms with van der Waals surface area (Å²) in [5, 5.41) is 0. The van der Waals surface area contributed by atoms with Crippen LogP contribution in [0.1, 0.15) is 75.1 Å². The number of hydrogen-bond acceptors (Lipinski definition) is 2. The molecule has 1 aliphatic carbocycles. The highest BCUT2D eigenvalue weighted by Gasteiger charge is 2.20. The maximum Gasteiger partial charge on any atom is 0.131 e. The molecule has 0 unspecified atom stereocenters. The predicted molar refractivity (Wildman–Crippen MR) is 66.9 cm³/mol. The highest BCUT2D eigenvalue weighted by atomic mass is 14.9. The van der Waals surface area contributed by atoms with Crippen molar-refractivity contribution in [3.05, 3.63) is 22.8 Å².